The van der Waals surface area contributed by atoms with Gasteiger partial charge in [0.25, 0.3) is 0 Å². The molecule has 2 N–H and O–H groups in total. The third-order valence-electron chi connectivity index (χ3n) is 1.95. The van der Waals surface area contributed by atoms with Crippen LogP contribution < -0.4 is 0 Å². The molecule has 0 aliphatic heterocycles. The van der Waals surface area contributed by atoms with E-state index in [2.05, 4.69) is 0 Å². The number of aliphatic hydroxyl groups is 1. The average molecular weight is 178 g/mol. The Balaban J connectivity index is 2.85. The zero-order valence-corrected chi connectivity index (χ0v) is 7.86. The Hall–Kier alpha value is -1.28. The molecule has 0 aliphatic carbocycles. The van der Waals surface area contributed by atoms with Crippen molar-refractivity contribution in [2.45, 2.75) is 20.0 Å². The third kappa shape index (κ3) is 2.92. The fourth-order valence-electron chi connectivity index (χ4n) is 0.954. The van der Waals surface area contributed by atoms with Crippen LogP contribution in [0.15, 0.2) is 29.8 Å². The van der Waals surface area contributed by atoms with Crippen molar-refractivity contribution in [2.24, 2.45) is 0 Å². The molecule has 0 aromatic heterocycles. The van der Waals surface area contributed by atoms with Crippen molar-refractivity contribution in [2.75, 3.05) is 0 Å². The van der Waals surface area contributed by atoms with Gasteiger partial charge in [-0.15, -0.1) is 0 Å². The van der Waals surface area contributed by atoms with E-state index in [1.807, 2.05) is 13.0 Å². The number of aliphatic hydroxyl groups excluding tert-OH is 1. The van der Waals surface area contributed by atoms with Crippen LogP contribution in [0.3, 0.4) is 0 Å². The molecule has 0 heterocycles. The van der Waals surface area contributed by atoms with E-state index in [9.17, 15) is 5.11 Å². The SMILES string of the molecule is C/C(=C\c1ccc(O)cc1)C(C)O. The summed E-state index contributed by atoms with van der Waals surface area (Å²) in [6.45, 7) is 3.60. The highest BCUT2D eigenvalue weighted by Crippen LogP contribution is 2.13. The van der Waals surface area contributed by atoms with Crippen LogP contribution in [-0.2, 0) is 0 Å². The lowest BCUT2D eigenvalue weighted by Gasteiger charge is -2.03. The second-order valence-electron chi connectivity index (χ2n) is 3.16. The fourth-order valence-corrected chi connectivity index (χ4v) is 0.954. The minimum Gasteiger partial charge on any atom is -0.508 e. The number of hydrogen-bond donors (Lipinski definition) is 2. The van der Waals surface area contributed by atoms with Crippen LogP contribution in [0.4, 0.5) is 0 Å². The van der Waals surface area contributed by atoms with Gasteiger partial charge >= 0.3 is 0 Å². The topological polar surface area (TPSA) is 40.5 Å². The molecule has 13 heavy (non-hydrogen) atoms. The van der Waals surface area contributed by atoms with E-state index in [4.69, 9.17) is 5.11 Å². The van der Waals surface area contributed by atoms with Gasteiger partial charge in [0.1, 0.15) is 5.75 Å². The molecule has 0 radical (unpaired) electrons. The molecule has 70 valence electrons. The predicted molar refractivity (Wildman–Crippen MR) is 53.4 cm³/mol. The summed E-state index contributed by atoms with van der Waals surface area (Å²) in [7, 11) is 0. The van der Waals surface area contributed by atoms with Gasteiger partial charge < -0.3 is 10.2 Å². The first-order valence-corrected chi connectivity index (χ1v) is 4.25. The maximum atomic E-state index is 9.22. The number of hydrogen-bond acceptors (Lipinski definition) is 2. The molecule has 1 atom stereocenters. The lowest BCUT2D eigenvalue weighted by molar-refractivity contribution is 0.232. The smallest absolute Gasteiger partial charge is 0.115 e. The normalized spacial score (nSPS) is 14.2. The third-order valence-corrected chi connectivity index (χ3v) is 1.95. The molecule has 1 aromatic rings. The van der Waals surface area contributed by atoms with Gasteiger partial charge in [0.05, 0.1) is 6.10 Å². The molecular weight excluding hydrogens is 164 g/mol. The molecule has 0 saturated carbocycles. The van der Waals surface area contributed by atoms with E-state index in [-0.39, 0.29) is 5.75 Å². The number of phenols is 1. The molecule has 2 heteroatoms. The van der Waals surface area contributed by atoms with Crippen molar-refractivity contribution < 1.29 is 10.2 Å². The summed E-state index contributed by atoms with van der Waals surface area (Å²) >= 11 is 0. The first-order valence-electron chi connectivity index (χ1n) is 4.25. The molecular formula is C11H14O2. The summed E-state index contributed by atoms with van der Waals surface area (Å²) in [5.74, 6) is 0.256. The lowest BCUT2D eigenvalue weighted by Crippen LogP contribution is -2.00. The number of aromatic hydroxyl groups is 1. The lowest BCUT2D eigenvalue weighted by atomic mass is 10.1. The van der Waals surface area contributed by atoms with Gasteiger partial charge in [0.15, 0.2) is 0 Å². The summed E-state index contributed by atoms with van der Waals surface area (Å²) < 4.78 is 0. The van der Waals surface area contributed by atoms with E-state index in [1.54, 1.807) is 31.2 Å². The number of rotatable bonds is 2. The summed E-state index contributed by atoms with van der Waals surface area (Å²) in [5.41, 5.74) is 1.89. The van der Waals surface area contributed by atoms with Crippen LogP contribution >= 0.6 is 0 Å². The van der Waals surface area contributed by atoms with E-state index in [1.165, 1.54) is 0 Å². The van der Waals surface area contributed by atoms with Gasteiger partial charge in [0.2, 0.25) is 0 Å². The summed E-state index contributed by atoms with van der Waals surface area (Å²) in [5, 5.41) is 18.2. The Bertz CT molecular complexity index is 296. The maximum Gasteiger partial charge on any atom is 0.115 e. The zero-order chi connectivity index (χ0) is 9.84. The maximum absolute atomic E-state index is 9.22. The van der Waals surface area contributed by atoms with Crippen molar-refractivity contribution >= 4 is 6.08 Å². The molecule has 1 aromatic carbocycles. The average Bonchev–Trinajstić information content (AvgIpc) is 2.08. The molecule has 2 nitrogen and oxygen atoms in total. The second kappa shape index (κ2) is 4.10. The minimum atomic E-state index is -0.422. The zero-order valence-electron chi connectivity index (χ0n) is 7.86. The summed E-state index contributed by atoms with van der Waals surface area (Å²) in [6, 6.07) is 6.87. The Labute approximate surface area is 78.2 Å². The van der Waals surface area contributed by atoms with Crippen LogP contribution in [0.25, 0.3) is 6.08 Å². The van der Waals surface area contributed by atoms with Gasteiger partial charge in [-0.05, 0) is 37.1 Å². The highest BCUT2D eigenvalue weighted by atomic mass is 16.3. The van der Waals surface area contributed by atoms with Crippen molar-refractivity contribution in [3.63, 3.8) is 0 Å². The molecule has 0 spiro atoms. The van der Waals surface area contributed by atoms with Gasteiger partial charge in [-0.25, -0.2) is 0 Å². The summed E-state index contributed by atoms with van der Waals surface area (Å²) in [4.78, 5) is 0. The Kier molecular flexibility index (Phi) is 3.09. The molecule has 1 rings (SSSR count). The minimum absolute atomic E-state index is 0.256. The van der Waals surface area contributed by atoms with Crippen LogP contribution in [0.5, 0.6) is 5.75 Å². The molecule has 0 fully saturated rings. The van der Waals surface area contributed by atoms with Crippen molar-refractivity contribution in [3.05, 3.63) is 35.4 Å². The standard InChI is InChI=1S/C11H14O2/c1-8(9(2)12)7-10-3-5-11(13)6-4-10/h3-7,9,12-13H,1-2H3/b8-7+. The van der Waals surface area contributed by atoms with Gasteiger partial charge in [-0.3, -0.25) is 0 Å². The van der Waals surface area contributed by atoms with Crippen molar-refractivity contribution in [3.8, 4) is 5.75 Å². The highest BCUT2D eigenvalue weighted by Gasteiger charge is 1.97. The molecule has 0 bridgehead atoms. The quantitative estimate of drug-likeness (QED) is 0.728. The first-order chi connectivity index (χ1) is 6.09. The Morgan fingerprint density at radius 2 is 1.85 bits per heavy atom. The molecule has 0 saturated heterocycles. The Morgan fingerprint density at radius 3 is 2.31 bits per heavy atom. The predicted octanol–water partition coefficient (Wildman–Crippen LogP) is 2.18. The number of benzene rings is 1. The van der Waals surface area contributed by atoms with E-state index in [0.29, 0.717) is 0 Å². The van der Waals surface area contributed by atoms with Crippen molar-refractivity contribution in [1.29, 1.82) is 0 Å². The Morgan fingerprint density at radius 1 is 1.31 bits per heavy atom. The number of phenolic OH excluding ortho intramolecular Hbond substituents is 1. The van der Waals surface area contributed by atoms with Gasteiger partial charge in [-0.1, -0.05) is 18.2 Å². The fraction of sp³-hybridized carbons (Fsp3) is 0.273. The van der Waals surface area contributed by atoms with Crippen LogP contribution in [-0.4, -0.2) is 16.3 Å². The first kappa shape index (κ1) is 9.81. The van der Waals surface area contributed by atoms with E-state index >= 15 is 0 Å². The van der Waals surface area contributed by atoms with Gasteiger partial charge in [0, 0.05) is 0 Å². The highest BCUT2D eigenvalue weighted by molar-refractivity contribution is 5.54. The largest absolute Gasteiger partial charge is 0.508 e. The molecule has 0 aliphatic rings. The van der Waals surface area contributed by atoms with Crippen LogP contribution in [0.2, 0.25) is 0 Å². The monoisotopic (exact) mass is 178 g/mol. The molecule has 0 amide bonds. The van der Waals surface area contributed by atoms with E-state index in [0.717, 1.165) is 11.1 Å². The van der Waals surface area contributed by atoms with Crippen molar-refractivity contribution in [1.82, 2.24) is 0 Å². The summed E-state index contributed by atoms with van der Waals surface area (Å²) in [6.07, 6.45) is 1.47. The van der Waals surface area contributed by atoms with E-state index < -0.39 is 6.10 Å². The van der Waals surface area contributed by atoms with Crippen LogP contribution in [0, 0.1) is 0 Å². The molecule has 1 unspecified atom stereocenters. The van der Waals surface area contributed by atoms with Crippen LogP contribution in [0.1, 0.15) is 19.4 Å². The second-order valence-corrected chi connectivity index (χ2v) is 3.16. The van der Waals surface area contributed by atoms with Gasteiger partial charge in [-0.2, -0.15) is 0 Å².